The van der Waals surface area contributed by atoms with E-state index in [9.17, 15) is 10.1 Å². The van der Waals surface area contributed by atoms with Crippen LogP contribution in [0.4, 0.5) is 11.4 Å². The van der Waals surface area contributed by atoms with Gasteiger partial charge in [-0.15, -0.1) is 0 Å². The summed E-state index contributed by atoms with van der Waals surface area (Å²) in [5, 5.41) is 13.8. The van der Waals surface area contributed by atoms with E-state index in [1.807, 2.05) is 53.2 Å². The van der Waals surface area contributed by atoms with Crippen LogP contribution in [-0.2, 0) is 18.4 Å². The molecule has 1 unspecified atom stereocenters. The standard InChI is InChI=1S/C23H15Cl2N2O4PS/c24-16-6-8-17(9-7-16)26-14-20-19-4-2-1-3-15(19)5-12-23(20)31-32(26,33)30-18-10-11-22(27(28)29)21(25)13-18/h1-13H,14H2. The summed E-state index contributed by atoms with van der Waals surface area (Å²) in [5.41, 5.74) is 1.57. The first-order valence-corrected chi connectivity index (χ1v) is 13.2. The normalized spacial score (nSPS) is 17.3. The van der Waals surface area contributed by atoms with Crippen molar-refractivity contribution in [3.05, 3.63) is 105 Å². The van der Waals surface area contributed by atoms with Crippen molar-refractivity contribution in [3.8, 4) is 11.5 Å². The topological polar surface area (TPSA) is 64.8 Å². The monoisotopic (exact) mass is 516 g/mol. The molecule has 0 saturated heterocycles. The SMILES string of the molecule is O=[N+]([O-])c1ccc(OP2(=S)Oc3ccc4ccccc4c3CN2c2ccc(Cl)cc2)cc1Cl. The fraction of sp³-hybridized carbons (Fsp3) is 0.0435. The maximum Gasteiger partial charge on any atom is 0.395 e. The number of rotatable bonds is 4. The summed E-state index contributed by atoms with van der Waals surface area (Å²) < 4.78 is 14.5. The number of nitrogens with zero attached hydrogens (tertiary/aromatic N) is 2. The lowest BCUT2D eigenvalue weighted by molar-refractivity contribution is -0.384. The molecule has 1 atom stereocenters. The summed E-state index contributed by atoms with van der Waals surface area (Å²) in [5.74, 6) is 0.937. The van der Waals surface area contributed by atoms with Crippen molar-refractivity contribution in [2.24, 2.45) is 0 Å². The lowest BCUT2D eigenvalue weighted by Gasteiger charge is -2.39. The van der Waals surface area contributed by atoms with Crippen molar-refractivity contribution in [3.63, 3.8) is 0 Å². The number of anilines is 1. The Morgan fingerprint density at radius 1 is 1.03 bits per heavy atom. The van der Waals surface area contributed by atoms with Crippen LogP contribution in [0.15, 0.2) is 78.9 Å². The summed E-state index contributed by atoms with van der Waals surface area (Å²) in [7, 11) is 0. The van der Waals surface area contributed by atoms with Crippen LogP contribution in [0.3, 0.4) is 0 Å². The van der Waals surface area contributed by atoms with E-state index in [1.165, 1.54) is 18.2 Å². The molecule has 10 heteroatoms. The van der Waals surface area contributed by atoms with E-state index in [0.29, 0.717) is 17.3 Å². The van der Waals surface area contributed by atoms with Gasteiger partial charge in [-0.2, -0.15) is 0 Å². The Labute approximate surface area is 204 Å². The molecule has 166 valence electrons. The highest BCUT2D eigenvalue weighted by molar-refractivity contribution is 8.11. The van der Waals surface area contributed by atoms with E-state index in [1.54, 1.807) is 12.1 Å². The average molecular weight is 517 g/mol. The van der Waals surface area contributed by atoms with Crippen LogP contribution in [0.5, 0.6) is 11.5 Å². The molecule has 4 aromatic rings. The summed E-state index contributed by atoms with van der Waals surface area (Å²) in [4.78, 5) is 10.6. The molecular formula is C23H15Cl2N2O4PS. The smallest absolute Gasteiger partial charge is 0.395 e. The van der Waals surface area contributed by atoms with Crippen LogP contribution in [0.2, 0.25) is 10.0 Å². The van der Waals surface area contributed by atoms with Gasteiger partial charge < -0.3 is 9.05 Å². The van der Waals surface area contributed by atoms with E-state index < -0.39 is 11.6 Å². The minimum absolute atomic E-state index is 0.0412. The second-order valence-electron chi connectivity index (χ2n) is 7.32. The molecule has 0 radical (unpaired) electrons. The summed E-state index contributed by atoms with van der Waals surface area (Å²) in [6.45, 7) is -2.70. The average Bonchev–Trinajstić information content (AvgIpc) is 2.79. The first-order valence-electron chi connectivity index (χ1n) is 9.81. The molecule has 0 bridgehead atoms. The maximum atomic E-state index is 11.1. The van der Waals surface area contributed by atoms with E-state index in [0.717, 1.165) is 22.0 Å². The highest BCUT2D eigenvalue weighted by Crippen LogP contribution is 2.59. The van der Waals surface area contributed by atoms with E-state index in [4.69, 9.17) is 44.1 Å². The van der Waals surface area contributed by atoms with Crippen LogP contribution < -0.4 is 13.7 Å². The Bertz CT molecular complexity index is 1450. The predicted molar refractivity (Wildman–Crippen MR) is 135 cm³/mol. The van der Waals surface area contributed by atoms with Crippen molar-refractivity contribution in [1.29, 1.82) is 0 Å². The third-order valence-corrected chi connectivity index (χ3v) is 8.70. The Kier molecular flexibility index (Phi) is 5.67. The van der Waals surface area contributed by atoms with Gasteiger partial charge in [0.25, 0.3) is 5.69 Å². The van der Waals surface area contributed by atoms with E-state index in [-0.39, 0.29) is 16.5 Å². The number of fused-ring (bicyclic) bond motifs is 3. The zero-order chi connectivity index (χ0) is 23.2. The lowest BCUT2D eigenvalue weighted by Crippen LogP contribution is -2.29. The number of halogens is 2. The van der Waals surface area contributed by atoms with Gasteiger partial charge in [0.2, 0.25) is 0 Å². The second kappa shape index (κ2) is 8.50. The lowest BCUT2D eigenvalue weighted by atomic mass is 10.0. The van der Waals surface area contributed by atoms with E-state index in [2.05, 4.69) is 0 Å². The molecule has 1 aliphatic heterocycles. The number of hydrogen-bond donors (Lipinski definition) is 0. The number of nitro benzene ring substituents is 1. The Morgan fingerprint density at radius 3 is 2.52 bits per heavy atom. The second-order valence-corrected chi connectivity index (χ2v) is 11.3. The van der Waals surface area contributed by atoms with Crippen molar-refractivity contribution in [2.75, 3.05) is 4.67 Å². The van der Waals surface area contributed by atoms with Crippen LogP contribution in [0.1, 0.15) is 5.56 Å². The summed E-state index contributed by atoms with van der Waals surface area (Å²) in [6, 6.07) is 23.3. The minimum Gasteiger partial charge on any atom is -0.420 e. The van der Waals surface area contributed by atoms with Gasteiger partial charge in [-0.05, 0) is 47.2 Å². The molecule has 0 fully saturated rings. The molecule has 6 nitrogen and oxygen atoms in total. The van der Waals surface area contributed by atoms with Gasteiger partial charge in [0.05, 0.1) is 11.5 Å². The fourth-order valence-electron chi connectivity index (χ4n) is 3.71. The molecule has 0 aliphatic carbocycles. The molecule has 0 saturated carbocycles. The molecule has 4 aromatic carbocycles. The van der Waals surface area contributed by atoms with Gasteiger partial charge in [0, 0.05) is 40.2 Å². The third-order valence-electron chi connectivity index (χ3n) is 5.28. The third kappa shape index (κ3) is 4.13. The quantitative estimate of drug-likeness (QED) is 0.157. The predicted octanol–water partition coefficient (Wildman–Crippen LogP) is 7.76. The Hall–Kier alpha value is -2.83. The van der Waals surface area contributed by atoms with Crippen LogP contribution in [0.25, 0.3) is 10.8 Å². The van der Waals surface area contributed by atoms with Crippen molar-refractivity contribution in [2.45, 2.75) is 6.54 Å². The van der Waals surface area contributed by atoms with Crippen molar-refractivity contribution >= 4 is 63.8 Å². The number of nitro groups is 1. The van der Waals surface area contributed by atoms with Crippen LogP contribution >= 0.6 is 29.8 Å². The first-order chi connectivity index (χ1) is 15.8. The highest BCUT2D eigenvalue weighted by Gasteiger charge is 2.38. The zero-order valence-corrected chi connectivity index (χ0v) is 20.1. The number of benzene rings is 4. The molecule has 0 amide bonds. The van der Waals surface area contributed by atoms with Gasteiger partial charge in [0.15, 0.2) is 0 Å². The maximum absolute atomic E-state index is 11.1. The highest BCUT2D eigenvalue weighted by atomic mass is 35.5. The minimum atomic E-state index is -3.16. The summed E-state index contributed by atoms with van der Waals surface area (Å²) in [6.07, 6.45) is 0. The molecule has 0 aromatic heterocycles. The number of hydrogen-bond acceptors (Lipinski definition) is 5. The molecule has 0 N–H and O–H groups in total. The molecule has 33 heavy (non-hydrogen) atoms. The molecule has 1 heterocycles. The van der Waals surface area contributed by atoms with Gasteiger partial charge in [-0.1, -0.05) is 53.5 Å². The van der Waals surface area contributed by atoms with Gasteiger partial charge in [0.1, 0.15) is 16.5 Å². The van der Waals surface area contributed by atoms with Crippen LogP contribution in [0, 0.1) is 10.1 Å². The van der Waals surface area contributed by atoms with Crippen LogP contribution in [-0.4, -0.2) is 4.92 Å². The molecule has 1 aliphatic rings. The van der Waals surface area contributed by atoms with E-state index >= 15 is 0 Å². The van der Waals surface area contributed by atoms with Crippen molar-refractivity contribution in [1.82, 2.24) is 0 Å². The van der Waals surface area contributed by atoms with Gasteiger partial charge in [-0.25, -0.2) is 0 Å². The Morgan fingerprint density at radius 2 is 1.79 bits per heavy atom. The zero-order valence-electron chi connectivity index (χ0n) is 16.9. The first kappa shape index (κ1) is 22.0. The van der Waals surface area contributed by atoms with Crippen molar-refractivity contribution < 1.29 is 14.0 Å². The molecule has 5 rings (SSSR count). The fourth-order valence-corrected chi connectivity index (χ4v) is 6.80. The Balaban J connectivity index is 1.61. The molecular weight excluding hydrogens is 502 g/mol. The van der Waals surface area contributed by atoms with Gasteiger partial charge in [-0.3, -0.25) is 14.8 Å². The summed E-state index contributed by atoms with van der Waals surface area (Å²) >= 11 is 18.2. The largest absolute Gasteiger partial charge is 0.420 e. The van der Waals surface area contributed by atoms with Gasteiger partial charge >= 0.3 is 6.64 Å². The molecule has 0 spiro atoms.